The van der Waals surface area contributed by atoms with E-state index in [-0.39, 0.29) is 23.8 Å². The SMILES string of the molecule is CC1=C(C(N)=O)OCN1[C@@H](c1ccc(C(F)(F)F)cc1)c1ncccc1C(F)(F)F. The van der Waals surface area contributed by atoms with Crippen LogP contribution in [0.3, 0.4) is 0 Å². The molecule has 2 N–H and O–H groups in total. The van der Waals surface area contributed by atoms with Crippen molar-refractivity contribution >= 4 is 5.91 Å². The van der Waals surface area contributed by atoms with Crippen LogP contribution < -0.4 is 5.73 Å². The van der Waals surface area contributed by atoms with Gasteiger partial charge in [-0.15, -0.1) is 0 Å². The molecular formula is C19H15F6N3O2. The number of halogens is 6. The van der Waals surface area contributed by atoms with E-state index in [1.54, 1.807) is 0 Å². The number of pyridine rings is 1. The van der Waals surface area contributed by atoms with Crippen LogP contribution in [0.15, 0.2) is 54.1 Å². The number of hydrogen-bond acceptors (Lipinski definition) is 4. The van der Waals surface area contributed by atoms with Crippen molar-refractivity contribution < 1.29 is 35.9 Å². The topological polar surface area (TPSA) is 68.5 Å². The van der Waals surface area contributed by atoms with Crippen molar-refractivity contribution in [2.75, 3.05) is 6.73 Å². The van der Waals surface area contributed by atoms with Crippen molar-refractivity contribution in [3.05, 3.63) is 76.4 Å². The number of carbonyl (C=O) groups is 1. The molecule has 1 amide bonds. The van der Waals surface area contributed by atoms with E-state index >= 15 is 0 Å². The number of amides is 1. The quantitative estimate of drug-likeness (QED) is 0.737. The van der Waals surface area contributed by atoms with Gasteiger partial charge in [-0.3, -0.25) is 9.78 Å². The van der Waals surface area contributed by atoms with Crippen molar-refractivity contribution in [2.45, 2.75) is 25.3 Å². The van der Waals surface area contributed by atoms with E-state index in [1.807, 2.05) is 0 Å². The Balaban J connectivity index is 2.18. The van der Waals surface area contributed by atoms with Crippen molar-refractivity contribution in [2.24, 2.45) is 5.73 Å². The number of alkyl halides is 6. The minimum Gasteiger partial charge on any atom is -0.465 e. The van der Waals surface area contributed by atoms with Crippen LogP contribution in [-0.4, -0.2) is 22.5 Å². The van der Waals surface area contributed by atoms with E-state index in [9.17, 15) is 31.1 Å². The van der Waals surface area contributed by atoms with Gasteiger partial charge in [0.25, 0.3) is 5.91 Å². The maximum absolute atomic E-state index is 13.6. The van der Waals surface area contributed by atoms with Gasteiger partial charge in [-0.05, 0) is 36.8 Å². The molecule has 2 aromatic rings. The first kappa shape index (κ1) is 21.5. The number of aromatic nitrogens is 1. The second kappa shape index (κ2) is 7.54. The standard InChI is InChI=1S/C19H15F6N3O2/c1-10-16(17(26)29)30-9-28(10)15(11-4-6-12(7-5-11)18(20,21)22)14-13(19(23,24)25)3-2-8-27-14/h2-8,15H,9H2,1H3,(H2,26,29)/t15-/m0/s1. The summed E-state index contributed by atoms with van der Waals surface area (Å²) in [7, 11) is 0. The van der Waals surface area contributed by atoms with Crippen LogP contribution in [0.2, 0.25) is 0 Å². The number of nitrogens with two attached hydrogens (primary N) is 1. The average Bonchev–Trinajstić information content (AvgIpc) is 3.03. The molecule has 1 aliphatic heterocycles. The minimum atomic E-state index is -4.77. The first-order valence-electron chi connectivity index (χ1n) is 8.50. The summed E-state index contributed by atoms with van der Waals surface area (Å²) in [6.07, 6.45) is -8.23. The maximum Gasteiger partial charge on any atom is 0.418 e. The molecule has 160 valence electrons. The summed E-state index contributed by atoms with van der Waals surface area (Å²) in [5.41, 5.74) is 3.01. The molecule has 2 heterocycles. The smallest absolute Gasteiger partial charge is 0.418 e. The molecular weight excluding hydrogens is 416 g/mol. The van der Waals surface area contributed by atoms with Crippen LogP contribution in [0.5, 0.6) is 0 Å². The van der Waals surface area contributed by atoms with Crippen LogP contribution in [0.25, 0.3) is 0 Å². The van der Waals surface area contributed by atoms with Crippen LogP contribution in [0.4, 0.5) is 26.3 Å². The predicted octanol–water partition coefficient (Wildman–Crippen LogP) is 4.22. The number of carbonyl (C=O) groups excluding carboxylic acids is 1. The fourth-order valence-corrected chi connectivity index (χ4v) is 3.20. The van der Waals surface area contributed by atoms with Gasteiger partial charge in [0, 0.05) is 6.20 Å². The van der Waals surface area contributed by atoms with Crippen molar-refractivity contribution in [1.29, 1.82) is 0 Å². The lowest BCUT2D eigenvalue weighted by molar-refractivity contribution is -0.139. The number of benzene rings is 1. The zero-order chi connectivity index (χ0) is 22.3. The van der Waals surface area contributed by atoms with Crippen molar-refractivity contribution in [3.63, 3.8) is 0 Å². The van der Waals surface area contributed by atoms with E-state index in [0.29, 0.717) is 0 Å². The van der Waals surface area contributed by atoms with Gasteiger partial charge in [-0.25, -0.2) is 0 Å². The van der Waals surface area contributed by atoms with Crippen molar-refractivity contribution in [1.82, 2.24) is 9.88 Å². The van der Waals surface area contributed by atoms with Gasteiger partial charge in [0.15, 0.2) is 6.73 Å². The molecule has 0 fully saturated rings. The summed E-state index contributed by atoms with van der Waals surface area (Å²) in [5.74, 6) is -1.16. The van der Waals surface area contributed by atoms with Crippen LogP contribution in [0.1, 0.15) is 35.3 Å². The number of rotatable bonds is 4. The largest absolute Gasteiger partial charge is 0.465 e. The fourth-order valence-electron chi connectivity index (χ4n) is 3.20. The summed E-state index contributed by atoms with van der Waals surface area (Å²) in [6.45, 7) is 1.09. The summed E-state index contributed by atoms with van der Waals surface area (Å²) in [6, 6.07) is 4.32. The third-order valence-electron chi connectivity index (χ3n) is 4.60. The second-order valence-corrected chi connectivity index (χ2v) is 6.48. The lowest BCUT2D eigenvalue weighted by Gasteiger charge is -2.31. The van der Waals surface area contributed by atoms with Gasteiger partial charge >= 0.3 is 12.4 Å². The Labute approximate surface area is 166 Å². The molecule has 1 aromatic carbocycles. The maximum atomic E-state index is 13.6. The molecule has 0 radical (unpaired) electrons. The molecule has 1 aromatic heterocycles. The summed E-state index contributed by atoms with van der Waals surface area (Å²) in [5, 5.41) is 0. The molecule has 3 rings (SSSR count). The highest BCUT2D eigenvalue weighted by molar-refractivity contribution is 5.90. The molecule has 0 saturated carbocycles. The molecule has 11 heteroatoms. The molecule has 5 nitrogen and oxygen atoms in total. The van der Waals surface area contributed by atoms with Crippen LogP contribution in [0, 0.1) is 0 Å². The highest BCUT2D eigenvalue weighted by atomic mass is 19.4. The first-order valence-corrected chi connectivity index (χ1v) is 8.50. The van der Waals surface area contributed by atoms with E-state index in [1.165, 1.54) is 11.8 Å². The van der Waals surface area contributed by atoms with Gasteiger partial charge in [0.1, 0.15) is 6.04 Å². The van der Waals surface area contributed by atoms with Crippen molar-refractivity contribution in [3.8, 4) is 0 Å². The monoisotopic (exact) mass is 431 g/mol. The van der Waals surface area contributed by atoms with Gasteiger partial charge in [-0.1, -0.05) is 12.1 Å². The Bertz CT molecular complexity index is 983. The minimum absolute atomic E-state index is 0.0980. The molecule has 0 bridgehead atoms. The Kier molecular flexibility index (Phi) is 5.40. The van der Waals surface area contributed by atoms with E-state index in [0.717, 1.165) is 42.6 Å². The molecule has 0 spiro atoms. The Hall–Kier alpha value is -3.24. The number of allylic oxidation sites excluding steroid dienone is 1. The number of hydrogen-bond donors (Lipinski definition) is 1. The van der Waals surface area contributed by atoms with Gasteiger partial charge in [-0.2, -0.15) is 26.3 Å². The Morgan fingerprint density at radius 3 is 2.23 bits per heavy atom. The zero-order valence-electron chi connectivity index (χ0n) is 15.4. The van der Waals surface area contributed by atoms with E-state index < -0.39 is 41.1 Å². The lowest BCUT2D eigenvalue weighted by Crippen LogP contribution is -2.29. The normalized spacial score (nSPS) is 15.9. The molecule has 0 unspecified atom stereocenters. The van der Waals surface area contributed by atoms with Gasteiger partial charge in [0.2, 0.25) is 5.76 Å². The summed E-state index contributed by atoms with van der Waals surface area (Å²) in [4.78, 5) is 16.7. The second-order valence-electron chi connectivity index (χ2n) is 6.48. The Morgan fingerprint density at radius 1 is 1.10 bits per heavy atom. The highest BCUT2D eigenvalue weighted by Crippen LogP contribution is 2.41. The molecule has 1 aliphatic rings. The number of primary amides is 1. The van der Waals surface area contributed by atoms with E-state index in [4.69, 9.17) is 10.5 Å². The molecule has 0 saturated heterocycles. The van der Waals surface area contributed by atoms with Gasteiger partial charge in [0.05, 0.1) is 22.5 Å². The predicted molar refractivity (Wildman–Crippen MR) is 92.2 cm³/mol. The highest BCUT2D eigenvalue weighted by Gasteiger charge is 2.40. The number of nitrogens with zero attached hydrogens (tertiary/aromatic N) is 2. The van der Waals surface area contributed by atoms with Crippen LogP contribution >= 0.6 is 0 Å². The Morgan fingerprint density at radius 2 is 1.73 bits per heavy atom. The summed E-state index contributed by atoms with van der Waals surface area (Å²) >= 11 is 0. The first-order chi connectivity index (χ1) is 13.9. The fraction of sp³-hybridized carbons (Fsp3) is 0.263. The average molecular weight is 431 g/mol. The number of ether oxygens (including phenoxy) is 1. The van der Waals surface area contributed by atoms with E-state index in [2.05, 4.69) is 4.98 Å². The lowest BCUT2D eigenvalue weighted by atomic mass is 9.96. The zero-order valence-corrected chi connectivity index (χ0v) is 15.4. The third-order valence-corrected chi connectivity index (χ3v) is 4.60. The van der Waals surface area contributed by atoms with Gasteiger partial charge < -0.3 is 15.4 Å². The molecule has 1 atom stereocenters. The third kappa shape index (κ3) is 4.05. The summed E-state index contributed by atoms with van der Waals surface area (Å²) < 4.78 is 84.8. The molecule has 30 heavy (non-hydrogen) atoms. The molecule has 0 aliphatic carbocycles. The van der Waals surface area contributed by atoms with Crippen LogP contribution in [-0.2, 0) is 21.9 Å².